The summed E-state index contributed by atoms with van der Waals surface area (Å²) in [6.07, 6.45) is 1.43. The van der Waals surface area contributed by atoms with Gasteiger partial charge in [-0.25, -0.2) is 0 Å². The lowest BCUT2D eigenvalue weighted by Crippen LogP contribution is -2.28. The van der Waals surface area contributed by atoms with E-state index in [1.807, 2.05) is 30.3 Å². The van der Waals surface area contributed by atoms with Gasteiger partial charge in [0.05, 0.1) is 22.1 Å². The van der Waals surface area contributed by atoms with Crippen LogP contribution >= 0.6 is 0 Å². The Kier molecular flexibility index (Phi) is 5.07. The van der Waals surface area contributed by atoms with Crippen molar-refractivity contribution in [3.05, 3.63) is 66.5 Å². The summed E-state index contributed by atoms with van der Waals surface area (Å²) in [5.41, 5.74) is 1.04. The number of carbonyl (C=O) groups excluding carboxylic acids is 1. The van der Waals surface area contributed by atoms with E-state index in [1.165, 1.54) is 11.0 Å². The molecule has 1 aromatic heterocycles. The number of hydrogen-bond acceptors (Lipinski definition) is 5. The van der Waals surface area contributed by atoms with E-state index in [-0.39, 0.29) is 5.91 Å². The number of nitrogens with one attached hydrogen (secondary N) is 1. The van der Waals surface area contributed by atoms with Gasteiger partial charge >= 0.3 is 0 Å². The maximum Gasteiger partial charge on any atom is 0.253 e. The van der Waals surface area contributed by atoms with Crippen LogP contribution in [0.1, 0.15) is 10.4 Å². The van der Waals surface area contributed by atoms with Crippen molar-refractivity contribution in [3.63, 3.8) is 0 Å². The first kappa shape index (κ1) is 16.0. The lowest BCUT2D eigenvalue weighted by molar-refractivity contribution is 0.0956. The first-order valence-electron chi connectivity index (χ1n) is 7.30. The molecule has 0 aliphatic carbocycles. The third-order valence-corrected chi connectivity index (χ3v) is 4.70. The van der Waals surface area contributed by atoms with Crippen molar-refractivity contribution in [2.45, 2.75) is 4.90 Å². The molecular weight excluding hydrogens is 326 g/mol. The molecule has 0 bridgehead atoms. The zero-order valence-corrected chi connectivity index (χ0v) is 13.5. The van der Waals surface area contributed by atoms with Crippen molar-refractivity contribution >= 4 is 16.7 Å². The normalized spacial score (nSPS) is 11.8. The molecule has 3 aromatic rings. The summed E-state index contributed by atoms with van der Waals surface area (Å²) >= 11 is 0. The van der Waals surface area contributed by atoms with E-state index in [0.717, 1.165) is 4.90 Å². The molecule has 24 heavy (non-hydrogen) atoms. The minimum Gasteiger partial charge on any atom is -0.351 e. The first-order chi connectivity index (χ1) is 11.8. The fourth-order valence-corrected chi connectivity index (χ4v) is 3.16. The van der Waals surface area contributed by atoms with E-state index in [1.54, 1.807) is 24.3 Å². The van der Waals surface area contributed by atoms with Crippen LogP contribution in [0, 0.1) is 0 Å². The van der Waals surface area contributed by atoms with E-state index in [9.17, 15) is 9.00 Å². The minimum atomic E-state index is -1.14. The number of nitrogens with zero attached hydrogens (tertiary/aromatic N) is 4. The van der Waals surface area contributed by atoms with Gasteiger partial charge in [0.1, 0.15) is 6.33 Å². The highest BCUT2D eigenvalue weighted by Gasteiger charge is 2.13. The Morgan fingerprint density at radius 2 is 1.83 bits per heavy atom. The van der Waals surface area contributed by atoms with Crippen molar-refractivity contribution in [1.29, 1.82) is 0 Å². The Morgan fingerprint density at radius 3 is 2.58 bits per heavy atom. The molecule has 0 aliphatic rings. The molecule has 0 saturated carbocycles. The van der Waals surface area contributed by atoms with E-state index in [0.29, 0.717) is 23.5 Å². The molecule has 0 radical (unpaired) electrons. The Balaban J connectivity index is 1.63. The smallest absolute Gasteiger partial charge is 0.253 e. The van der Waals surface area contributed by atoms with Crippen LogP contribution in [0.5, 0.6) is 0 Å². The van der Waals surface area contributed by atoms with Gasteiger partial charge in [0.25, 0.3) is 5.91 Å². The van der Waals surface area contributed by atoms with Crippen LogP contribution in [-0.2, 0) is 10.8 Å². The topological polar surface area (TPSA) is 89.8 Å². The standard InChI is InChI=1S/C16H15N5O2S/c22-16(17-10-11-24(23)13-6-2-1-3-7-13)14-8-4-5-9-15(14)21-12-18-19-20-21/h1-9,12H,10-11H2,(H,17,22). The number of rotatable bonds is 6. The summed E-state index contributed by atoms with van der Waals surface area (Å²) in [7, 11) is -1.14. The summed E-state index contributed by atoms with van der Waals surface area (Å²) in [5.74, 6) is 0.0918. The fourth-order valence-electron chi connectivity index (χ4n) is 2.18. The van der Waals surface area contributed by atoms with Gasteiger partial charge in [-0.05, 0) is 34.7 Å². The van der Waals surface area contributed by atoms with Gasteiger partial charge in [-0.1, -0.05) is 30.3 Å². The molecule has 0 fully saturated rings. The molecule has 7 nitrogen and oxygen atoms in total. The number of aromatic nitrogens is 4. The molecule has 1 heterocycles. The average molecular weight is 341 g/mol. The lowest BCUT2D eigenvalue weighted by Gasteiger charge is -2.09. The van der Waals surface area contributed by atoms with Crippen molar-refractivity contribution in [1.82, 2.24) is 25.5 Å². The molecule has 1 amide bonds. The Morgan fingerprint density at radius 1 is 1.08 bits per heavy atom. The van der Waals surface area contributed by atoms with Crippen LogP contribution in [-0.4, -0.2) is 42.6 Å². The highest BCUT2D eigenvalue weighted by molar-refractivity contribution is 7.85. The monoisotopic (exact) mass is 341 g/mol. The molecule has 0 saturated heterocycles. The first-order valence-corrected chi connectivity index (χ1v) is 8.61. The number of para-hydroxylation sites is 1. The van der Waals surface area contributed by atoms with Crippen LogP contribution in [0.4, 0.5) is 0 Å². The third kappa shape index (κ3) is 3.72. The van der Waals surface area contributed by atoms with Gasteiger partial charge < -0.3 is 5.32 Å². The molecular formula is C16H15N5O2S. The van der Waals surface area contributed by atoms with Crippen molar-refractivity contribution in [2.24, 2.45) is 0 Å². The van der Waals surface area contributed by atoms with Crippen LogP contribution in [0.3, 0.4) is 0 Å². The van der Waals surface area contributed by atoms with Gasteiger partial charge in [-0.2, -0.15) is 4.68 Å². The number of carbonyl (C=O) groups is 1. The SMILES string of the molecule is O=C(NCCS(=O)c1ccccc1)c1ccccc1-n1cnnn1. The van der Waals surface area contributed by atoms with E-state index < -0.39 is 10.8 Å². The van der Waals surface area contributed by atoms with Crippen molar-refractivity contribution in [2.75, 3.05) is 12.3 Å². The Hall–Kier alpha value is -2.87. The summed E-state index contributed by atoms with van der Waals surface area (Å²) in [6.45, 7) is 0.310. The van der Waals surface area contributed by atoms with Gasteiger partial charge in [0, 0.05) is 17.2 Å². The molecule has 122 valence electrons. The molecule has 0 spiro atoms. The van der Waals surface area contributed by atoms with E-state index in [4.69, 9.17) is 0 Å². The molecule has 1 atom stereocenters. The fraction of sp³-hybridized carbons (Fsp3) is 0.125. The third-order valence-electron chi connectivity index (χ3n) is 3.32. The van der Waals surface area contributed by atoms with Gasteiger partial charge in [0.15, 0.2) is 0 Å². The molecule has 8 heteroatoms. The van der Waals surface area contributed by atoms with Crippen LogP contribution < -0.4 is 5.32 Å². The van der Waals surface area contributed by atoms with Gasteiger partial charge in [0.2, 0.25) is 0 Å². The zero-order valence-electron chi connectivity index (χ0n) is 12.7. The maximum atomic E-state index is 12.4. The van der Waals surface area contributed by atoms with Crippen molar-refractivity contribution in [3.8, 4) is 5.69 Å². The Bertz CT molecular complexity index is 837. The van der Waals surface area contributed by atoms with Crippen LogP contribution in [0.25, 0.3) is 5.69 Å². The maximum absolute atomic E-state index is 12.4. The predicted octanol–water partition coefficient (Wildman–Crippen LogP) is 1.20. The molecule has 2 aromatic carbocycles. The lowest BCUT2D eigenvalue weighted by atomic mass is 10.1. The number of tetrazole rings is 1. The minimum absolute atomic E-state index is 0.258. The zero-order chi connectivity index (χ0) is 16.8. The summed E-state index contributed by atoms with van der Waals surface area (Å²) in [6, 6.07) is 16.2. The largest absolute Gasteiger partial charge is 0.351 e. The predicted molar refractivity (Wildman–Crippen MR) is 89.2 cm³/mol. The number of benzene rings is 2. The summed E-state index contributed by atoms with van der Waals surface area (Å²) < 4.78 is 13.6. The quantitative estimate of drug-likeness (QED) is 0.728. The molecule has 0 aliphatic heterocycles. The molecule has 3 rings (SSSR count). The number of hydrogen-bond donors (Lipinski definition) is 1. The van der Waals surface area contributed by atoms with E-state index >= 15 is 0 Å². The Labute approximate surface area is 141 Å². The molecule has 1 unspecified atom stereocenters. The summed E-state index contributed by atoms with van der Waals surface area (Å²) in [5, 5.41) is 13.7. The number of amides is 1. The van der Waals surface area contributed by atoms with Gasteiger partial charge in [-0.3, -0.25) is 9.00 Å². The van der Waals surface area contributed by atoms with Crippen LogP contribution in [0.15, 0.2) is 65.8 Å². The highest BCUT2D eigenvalue weighted by atomic mass is 32.2. The van der Waals surface area contributed by atoms with Gasteiger partial charge in [-0.15, -0.1) is 5.10 Å². The van der Waals surface area contributed by atoms with Crippen molar-refractivity contribution < 1.29 is 9.00 Å². The summed E-state index contributed by atoms with van der Waals surface area (Å²) in [4.78, 5) is 13.1. The second kappa shape index (κ2) is 7.60. The second-order valence-corrected chi connectivity index (χ2v) is 6.46. The van der Waals surface area contributed by atoms with Crippen LogP contribution in [0.2, 0.25) is 0 Å². The van der Waals surface area contributed by atoms with E-state index in [2.05, 4.69) is 20.8 Å². The average Bonchev–Trinajstić information content (AvgIpc) is 3.17. The molecule has 1 N–H and O–H groups in total. The highest BCUT2D eigenvalue weighted by Crippen LogP contribution is 2.12. The second-order valence-electron chi connectivity index (χ2n) is 4.89.